The van der Waals surface area contributed by atoms with Crippen LogP contribution in [0.4, 0.5) is 0 Å². The first kappa shape index (κ1) is 13.0. The van der Waals surface area contributed by atoms with Crippen molar-refractivity contribution in [2.24, 2.45) is 11.3 Å². The average molecular weight is 212 g/mol. The predicted molar refractivity (Wildman–Crippen MR) is 67.2 cm³/mol. The molecule has 1 aliphatic carbocycles. The standard InChI is InChI=1S/C13H28N2/c1-13(2)8-6-5-7-12(13)11-15(4)10-9-14-3/h12,14H,5-11H2,1-4H3. The van der Waals surface area contributed by atoms with E-state index in [4.69, 9.17) is 0 Å². The largest absolute Gasteiger partial charge is 0.318 e. The monoisotopic (exact) mass is 212 g/mol. The van der Waals surface area contributed by atoms with Crippen molar-refractivity contribution >= 4 is 0 Å². The van der Waals surface area contributed by atoms with Gasteiger partial charge in [-0.1, -0.05) is 26.7 Å². The van der Waals surface area contributed by atoms with Crippen LogP contribution in [0.25, 0.3) is 0 Å². The third kappa shape index (κ3) is 4.12. The molecule has 0 aliphatic heterocycles. The molecule has 1 rings (SSSR count). The van der Waals surface area contributed by atoms with E-state index in [1.54, 1.807) is 0 Å². The molecule has 0 heterocycles. The molecule has 2 nitrogen and oxygen atoms in total. The van der Waals surface area contributed by atoms with Crippen LogP contribution in [0.5, 0.6) is 0 Å². The Kier molecular flexibility index (Phi) is 5.07. The van der Waals surface area contributed by atoms with Crippen LogP contribution in [0.3, 0.4) is 0 Å². The van der Waals surface area contributed by atoms with Gasteiger partial charge in [0.05, 0.1) is 0 Å². The molecular formula is C13H28N2. The molecule has 15 heavy (non-hydrogen) atoms. The van der Waals surface area contributed by atoms with Crippen molar-refractivity contribution in [1.29, 1.82) is 0 Å². The van der Waals surface area contributed by atoms with Gasteiger partial charge in [0.15, 0.2) is 0 Å². The first-order chi connectivity index (χ1) is 7.06. The fraction of sp³-hybridized carbons (Fsp3) is 1.00. The van der Waals surface area contributed by atoms with Gasteiger partial charge in [-0.15, -0.1) is 0 Å². The van der Waals surface area contributed by atoms with Crippen molar-refractivity contribution in [2.45, 2.75) is 39.5 Å². The van der Waals surface area contributed by atoms with Gasteiger partial charge in [0, 0.05) is 19.6 Å². The maximum Gasteiger partial charge on any atom is 0.0104 e. The molecular weight excluding hydrogens is 184 g/mol. The highest BCUT2D eigenvalue weighted by molar-refractivity contribution is 4.84. The van der Waals surface area contributed by atoms with Crippen LogP contribution in [-0.2, 0) is 0 Å². The Labute approximate surface area is 95.4 Å². The van der Waals surface area contributed by atoms with Crippen molar-refractivity contribution in [2.75, 3.05) is 33.7 Å². The quantitative estimate of drug-likeness (QED) is 0.752. The van der Waals surface area contributed by atoms with Crippen LogP contribution in [0.15, 0.2) is 0 Å². The van der Waals surface area contributed by atoms with Crippen LogP contribution in [0, 0.1) is 11.3 Å². The van der Waals surface area contributed by atoms with Gasteiger partial charge in [0.25, 0.3) is 0 Å². The molecule has 0 amide bonds. The zero-order valence-corrected chi connectivity index (χ0v) is 11.0. The van der Waals surface area contributed by atoms with Gasteiger partial charge in [-0.2, -0.15) is 0 Å². The van der Waals surface area contributed by atoms with Crippen molar-refractivity contribution in [3.8, 4) is 0 Å². The zero-order valence-electron chi connectivity index (χ0n) is 11.0. The van der Waals surface area contributed by atoms with E-state index >= 15 is 0 Å². The van der Waals surface area contributed by atoms with Crippen molar-refractivity contribution < 1.29 is 0 Å². The van der Waals surface area contributed by atoms with Gasteiger partial charge in [-0.05, 0) is 38.3 Å². The van der Waals surface area contributed by atoms with Crippen LogP contribution < -0.4 is 5.32 Å². The molecule has 1 atom stereocenters. The first-order valence-corrected chi connectivity index (χ1v) is 6.39. The predicted octanol–water partition coefficient (Wildman–Crippen LogP) is 2.35. The lowest BCUT2D eigenvalue weighted by atomic mass is 9.69. The Morgan fingerprint density at radius 3 is 2.67 bits per heavy atom. The normalized spacial score (nSPS) is 25.8. The van der Waals surface area contributed by atoms with Crippen molar-refractivity contribution in [3.63, 3.8) is 0 Å². The maximum atomic E-state index is 3.21. The van der Waals surface area contributed by atoms with Crippen molar-refractivity contribution in [1.82, 2.24) is 10.2 Å². The number of rotatable bonds is 5. The lowest BCUT2D eigenvalue weighted by molar-refractivity contribution is 0.100. The molecule has 1 unspecified atom stereocenters. The van der Waals surface area contributed by atoms with E-state index in [1.165, 1.54) is 38.8 Å². The Morgan fingerprint density at radius 1 is 1.33 bits per heavy atom. The van der Waals surface area contributed by atoms with Crippen LogP contribution in [0.1, 0.15) is 39.5 Å². The highest BCUT2D eigenvalue weighted by atomic mass is 15.1. The molecule has 0 saturated heterocycles. The molecule has 0 aromatic carbocycles. The molecule has 0 radical (unpaired) electrons. The van der Waals surface area contributed by atoms with Crippen LogP contribution in [0.2, 0.25) is 0 Å². The molecule has 90 valence electrons. The number of likely N-dealkylation sites (N-methyl/N-ethyl adjacent to an activating group) is 2. The maximum absolute atomic E-state index is 3.21. The summed E-state index contributed by atoms with van der Waals surface area (Å²) in [6.45, 7) is 8.44. The minimum Gasteiger partial charge on any atom is -0.318 e. The van der Waals surface area contributed by atoms with Gasteiger partial charge >= 0.3 is 0 Å². The smallest absolute Gasteiger partial charge is 0.0104 e. The summed E-state index contributed by atoms with van der Waals surface area (Å²) in [6.07, 6.45) is 5.71. The molecule has 0 aromatic heterocycles. The second-order valence-corrected chi connectivity index (χ2v) is 5.80. The summed E-state index contributed by atoms with van der Waals surface area (Å²) in [4.78, 5) is 2.48. The topological polar surface area (TPSA) is 15.3 Å². The molecule has 1 saturated carbocycles. The highest BCUT2D eigenvalue weighted by Gasteiger charge is 2.32. The number of hydrogen-bond acceptors (Lipinski definition) is 2. The first-order valence-electron chi connectivity index (χ1n) is 6.39. The van der Waals surface area contributed by atoms with E-state index in [0.717, 1.165) is 12.5 Å². The second kappa shape index (κ2) is 5.86. The Bertz CT molecular complexity index is 177. The third-order valence-corrected chi connectivity index (χ3v) is 4.00. The molecule has 2 heteroatoms. The van der Waals surface area contributed by atoms with Crippen LogP contribution in [-0.4, -0.2) is 38.6 Å². The number of hydrogen-bond donors (Lipinski definition) is 1. The lowest BCUT2D eigenvalue weighted by Crippen LogP contribution is -2.39. The fourth-order valence-electron chi connectivity index (χ4n) is 2.67. The van der Waals surface area contributed by atoms with Crippen molar-refractivity contribution in [3.05, 3.63) is 0 Å². The number of nitrogens with one attached hydrogen (secondary N) is 1. The van der Waals surface area contributed by atoms with E-state index in [2.05, 4.69) is 31.1 Å². The van der Waals surface area contributed by atoms with E-state index in [-0.39, 0.29) is 0 Å². The summed E-state index contributed by atoms with van der Waals surface area (Å²) in [6, 6.07) is 0. The third-order valence-electron chi connectivity index (χ3n) is 4.00. The van der Waals surface area contributed by atoms with Gasteiger partial charge < -0.3 is 10.2 Å². The minimum atomic E-state index is 0.562. The lowest BCUT2D eigenvalue weighted by Gasteiger charge is -2.40. The fourth-order valence-corrected chi connectivity index (χ4v) is 2.67. The Morgan fingerprint density at radius 2 is 2.07 bits per heavy atom. The summed E-state index contributed by atoms with van der Waals surface area (Å²) in [5.41, 5.74) is 0.562. The summed E-state index contributed by atoms with van der Waals surface area (Å²) < 4.78 is 0. The minimum absolute atomic E-state index is 0.562. The summed E-state index contributed by atoms with van der Waals surface area (Å²) >= 11 is 0. The van der Waals surface area contributed by atoms with E-state index < -0.39 is 0 Å². The second-order valence-electron chi connectivity index (χ2n) is 5.80. The molecule has 1 N–H and O–H groups in total. The molecule has 0 bridgehead atoms. The van der Waals surface area contributed by atoms with Gasteiger partial charge in [0.2, 0.25) is 0 Å². The van der Waals surface area contributed by atoms with Gasteiger partial charge in [-0.3, -0.25) is 0 Å². The van der Waals surface area contributed by atoms with Crippen LogP contribution >= 0.6 is 0 Å². The molecule has 0 spiro atoms. The van der Waals surface area contributed by atoms with E-state index in [9.17, 15) is 0 Å². The number of nitrogens with zero attached hydrogens (tertiary/aromatic N) is 1. The highest BCUT2D eigenvalue weighted by Crippen LogP contribution is 2.40. The Hall–Kier alpha value is -0.0800. The Balaban J connectivity index is 2.34. The zero-order chi connectivity index (χ0) is 11.3. The van der Waals surface area contributed by atoms with E-state index in [1.807, 2.05) is 7.05 Å². The SMILES string of the molecule is CNCCN(C)CC1CCCCC1(C)C. The summed E-state index contributed by atoms with van der Waals surface area (Å²) in [5.74, 6) is 0.896. The average Bonchev–Trinajstić information content (AvgIpc) is 2.18. The molecule has 1 fully saturated rings. The summed E-state index contributed by atoms with van der Waals surface area (Å²) in [5, 5.41) is 3.21. The summed E-state index contributed by atoms with van der Waals surface area (Å²) in [7, 11) is 4.28. The molecule has 0 aromatic rings. The van der Waals surface area contributed by atoms with Gasteiger partial charge in [0.1, 0.15) is 0 Å². The van der Waals surface area contributed by atoms with E-state index in [0.29, 0.717) is 5.41 Å². The van der Waals surface area contributed by atoms with Gasteiger partial charge in [-0.25, -0.2) is 0 Å². The molecule has 1 aliphatic rings.